The number of amides is 3. The summed E-state index contributed by atoms with van der Waals surface area (Å²) in [6, 6.07) is 6.72. The predicted molar refractivity (Wildman–Crippen MR) is 81.8 cm³/mol. The zero-order valence-electron chi connectivity index (χ0n) is 12.2. The first-order valence-corrected chi connectivity index (χ1v) is 6.46. The number of hydrogen-bond donors (Lipinski definition) is 2. The van der Waals surface area contributed by atoms with E-state index in [0.717, 1.165) is 0 Å². The van der Waals surface area contributed by atoms with Gasteiger partial charge in [0.1, 0.15) is 6.54 Å². The van der Waals surface area contributed by atoms with Crippen LogP contribution in [0.3, 0.4) is 0 Å². The Labute approximate surface area is 123 Å². The molecule has 2 N–H and O–H groups in total. The normalized spacial score (nSPS) is 9.62. The van der Waals surface area contributed by atoms with Crippen LogP contribution in [0.1, 0.15) is 13.8 Å². The van der Waals surface area contributed by atoms with Crippen molar-refractivity contribution in [3.63, 3.8) is 0 Å². The third-order valence-corrected chi connectivity index (χ3v) is 2.62. The molecule has 0 spiro atoms. The molecule has 0 saturated carbocycles. The summed E-state index contributed by atoms with van der Waals surface area (Å²) in [6.07, 6.45) is 1.57. The van der Waals surface area contributed by atoms with Gasteiger partial charge in [0, 0.05) is 31.8 Å². The summed E-state index contributed by atoms with van der Waals surface area (Å²) >= 11 is 0. The van der Waals surface area contributed by atoms with Crippen LogP contribution in [0, 0.1) is 0 Å². The van der Waals surface area contributed by atoms with Gasteiger partial charge in [-0.2, -0.15) is 0 Å². The molecule has 0 unspecified atom stereocenters. The van der Waals surface area contributed by atoms with E-state index in [1.165, 1.54) is 18.7 Å². The van der Waals surface area contributed by atoms with Crippen LogP contribution in [-0.4, -0.2) is 35.7 Å². The lowest BCUT2D eigenvalue weighted by atomic mass is 10.2. The summed E-state index contributed by atoms with van der Waals surface area (Å²) in [7, 11) is 0. The van der Waals surface area contributed by atoms with Crippen molar-refractivity contribution in [2.24, 2.45) is 0 Å². The van der Waals surface area contributed by atoms with Crippen molar-refractivity contribution in [1.82, 2.24) is 4.90 Å². The van der Waals surface area contributed by atoms with Crippen molar-refractivity contribution in [3.05, 3.63) is 36.9 Å². The molecule has 6 heteroatoms. The Hall–Kier alpha value is -2.63. The molecular weight excluding hydrogens is 270 g/mol. The summed E-state index contributed by atoms with van der Waals surface area (Å²) in [4.78, 5) is 35.5. The molecular formula is C15H19N3O3. The molecule has 6 nitrogen and oxygen atoms in total. The summed E-state index contributed by atoms with van der Waals surface area (Å²) in [5.74, 6) is -0.640. The first kappa shape index (κ1) is 16.4. The highest BCUT2D eigenvalue weighted by molar-refractivity contribution is 5.95. The molecule has 112 valence electrons. The van der Waals surface area contributed by atoms with E-state index < -0.39 is 0 Å². The first-order chi connectivity index (χ1) is 9.92. The zero-order chi connectivity index (χ0) is 15.8. The summed E-state index contributed by atoms with van der Waals surface area (Å²) in [5.41, 5.74) is 1.24. The van der Waals surface area contributed by atoms with E-state index in [0.29, 0.717) is 17.9 Å². The summed E-state index contributed by atoms with van der Waals surface area (Å²) in [5, 5.41) is 5.32. The second kappa shape index (κ2) is 7.84. The molecule has 0 atom stereocenters. The minimum atomic E-state index is -0.292. The van der Waals surface area contributed by atoms with Gasteiger partial charge >= 0.3 is 0 Å². The average molecular weight is 289 g/mol. The van der Waals surface area contributed by atoms with Crippen molar-refractivity contribution < 1.29 is 14.4 Å². The molecule has 0 fully saturated rings. The van der Waals surface area contributed by atoms with Gasteiger partial charge < -0.3 is 15.5 Å². The maximum Gasteiger partial charge on any atom is 0.244 e. The molecule has 0 aliphatic carbocycles. The largest absolute Gasteiger partial charge is 0.330 e. The smallest absolute Gasteiger partial charge is 0.244 e. The molecule has 0 saturated heterocycles. The number of hydrogen-bond acceptors (Lipinski definition) is 3. The lowest BCUT2D eigenvalue weighted by molar-refractivity contribution is -0.132. The number of benzene rings is 1. The highest BCUT2D eigenvalue weighted by Gasteiger charge is 2.12. The van der Waals surface area contributed by atoms with Gasteiger partial charge in [-0.1, -0.05) is 6.08 Å². The minimum Gasteiger partial charge on any atom is -0.330 e. The van der Waals surface area contributed by atoms with E-state index in [1.807, 2.05) is 0 Å². The van der Waals surface area contributed by atoms with E-state index in [1.54, 1.807) is 30.3 Å². The van der Waals surface area contributed by atoms with Crippen LogP contribution >= 0.6 is 0 Å². The molecule has 21 heavy (non-hydrogen) atoms. The second-order valence-corrected chi connectivity index (χ2v) is 4.49. The van der Waals surface area contributed by atoms with Crippen LogP contribution in [0.5, 0.6) is 0 Å². The molecule has 0 aromatic heterocycles. The molecule has 1 aromatic rings. The van der Waals surface area contributed by atoms with Gasteiger partial charge in [-0.25, -0.2) is 0 Å². The van der Waals surface area contributed by atoms with Crippen LogP contribution in [0.4, 0.5) is 11.4 Å². The third-order valence-electron chi connectivity index (χ3n) is 2.62. The van der Waals surface area contributed by atoms with Crippen LogP contribution < -0.4 is 10.6 Å². The molecule has 1 rings (SSSR count). The molecule has 0 radical (unpaired) electrons. The van der Waals surface area contributed by atoms with Crippen LogP contribution in [-0.2, 0) is 14.4 Å². The van der Waals surface area contributed by atoms with Gasteiger partial charge in [-0.3, -0.25) is 14.4 Å². The van der Waals surface area contributed by atoms with Crippen molar-refractivity contribution >= 4 is 29.1 Å². The second-order valence-electron chi connectivity index (χ2n) is 4.49. The molecule has 3 amide bonds. The highest BCUT2D eigenvalue weighted by Crippen LogP contribution is 2.13. The average Bonchev–Trinajstić information content (AvgIpc) is 2.40. The van der Waals surface area contributed by atoms with Crippen LogP contribution in [0.25, 0.3) is 0 Å². The van der Waals surface area contributed by atoms with E-state index in [4.69, 9.17) is 0 Å². The summed E-state index contributed by atoms with van der Waals surface area (Å²) in [6.45, 7) is 6.66. The number of nitrogens with one attached hydrogen (secondary N) is 2. The Bertz CT molecular complexity index is 538. The number of carbonyl (C=O) groups is 3. The van der Waals surface area contributed by atoms with E-state index in [2.05, 4.69) is 17.2 Å². The maximum atomic E-state index is 11.9. The number of nitrogens with zero attached hydrogens (tertiary/aromatic N) is 1. The Kier molecular flexibility index (Phi) is 6.13. The van der Waals surface area contributed by atoms with Crippen molar-refractivity contribution in [2.75, 3.05) is 23.7 Å². The first-order valence-electron chi connectivity index (χ1n) is 6.46. The Morgan fingerprint density at radius 2 is 1.62 bits per heavy atom. The lowest BCUT2D eigenvalue weighted by Crippen LogP contribution is -2.36. The molecule has 0 aliphatic rings. The van der Waals surface area contributed by atoms with Crippen molar-refractivity contribution in [3.8, 4) is 0 Å². The van der Waals surface area contributed by atoms with Crippen molar-refractivity contribution in [2.45, 2.75) is 13.8 Å². The lowest BCUT2D eigenvalue weighted by Gasteiger charge is -2.18. The fourth-order valence-electron chi connectivity index (χ4n) is 1.67. The standard InChI is InChI=1S/C15H19N3O3/c1-4-9-18(12(3)20)10-15(21)17-14-7-5-13(6-8-14)16-11(2)19/h4-8H,1,9-10H2,2-3H3,(H,16,19)(H,17,21). The predicted octanol–water partition coefficient (Wildman–Crippen LogP) is 1.62. The van der Waals surface area contributed by atoms with Gasteiger partial charge in [0.05, 0.1) is 0 Å². The van der Waals surface area contributed by atoms with E-state index in [9.17, 15) is 14.4 Å². The Balaban J connectivity index is 2.59. The quantitative estimate of drug-likeness (QED) is 0.781. The topological polar surface area (TPSA) is 78.5 Å². The molecule has 0 aliphatic heterocycles. The SMILES string of the molecule is C=CCN(CC(=O)Nc1ccc(NC(C)=O)cc1)C(C)=O. The number of anilines is 2. The van der Waals surface area contributed by atoms with Gasteiger partial charge in [-0.05, 0) is 24.3 Å². The molecule has 0 bridgehead atoms. The van der Waals surface area contributed by atoms with Crippen molar-refractivity contribution in [1.29, 1.82) is 0 Å². The Morgan fingerprint density at radius 1 is 1.10 bits per heavy atom. The summed E-state index contributed by atoms with van der Waals surface area (Å²) < 4.78 is 0. The minimum absolute atomic E-state index is 0.0329. The van der Waals surface area contributed by atoms with Gasteiger partial charge in [-0.15, -0.1) is 6.58 Å². The Morgan fingerprint density at radius 3 is 2.05 bits per heavy atom. The van der Waals surface area contributed by atoms with Gasteiger partial charge in [0.2, 0.25) is 17.7 Å². The number of carbonyl (C=O) groups excluding carboxylic acids is 3. The molecule has 0 heterocycles. The monoisotopic (exact) mass is 289 g/mol. The molecule has 1 aromatic carbocycles. The number of rotatable bonds is 6. The fourth-order valence-corrected chi connectivity index (χ4v) is 1.67. The van der Waals surface area contributed by atoms with Crippen LogP contribution in [0.2, 0.25) is 0 Å². The van der Waals surface area contributed by atoms with E-state index >= 15 is 0 Å². The van der Waals surface area contributed by atoms with Gasteiger partial charge in [0.25, 0.3) is 0 Å². The van der Waals surface area contributed by atoms with Crippen LogP contribution in [0.15, 0.2) is 36.9 Å². The zero-order valence-corrected chi connectivity index (χ0v) is 12.2. The van der Waals surface area contributed by atoms with Gasteiger partial charge in [0.15, 0.2) is 0 Å². The van der Waals surface area contributed by atoms with E-state index in [-0.39, 0.29) is 24.3 Å². The maximum absolute atomic E-state index is 11.9. The third kappa shape index (κ3) is 5.90. The fraction of sp³-hybridized carbons (Fsp3) is 0.267. The highest BCUT2D eigenvalue weighted by atomic mass is 16.2.